The summed E-state index contributed by atoms with van der Waals surface area (Å²) >= 11 is 0. The van der Waals surface area contributed by atoms with Crippen LogP contribution in [0.1, 0.15) is 0 Å². The summed E-state index contributed by atoms with van der Waals surface area (Å²) in [6, 6.07) is 8.58. The summed E-state index contributed by atoms with van der Waals surface area (Å²) in [5.41, 5.74) is 6.38. The predicted octanol–water partition coefficient (Wildman–Crippen LogP) is 2.37. The summed E-state index contributed by atoms with van der Waals surface area (Å²) in [5, 5.41) is 0. The SMILES string of the molecule is CN(c1ccc(N)cc1)S(=O)(=O)c1ccc(F)c(F)c1. The van der Waals surface area contributed by atoms with Gasteiger partial charge in [0.25, 0.3) is 10.0 Å². The van der Waals surface area contributed by atoms with E-state index in [9.17, 15) is 17.2 Å². The van der Waals surface area contributed by atoms with E-state index in [1.807, 2.05) is 0 Å². The van der Waals surface area contributed by atoms with E-state index in [1.165, 1.54) is 19.2 Å². The van der Waals surface area contributed by atoms with Crippen LogP contribution in [0, 0.1) is 11.6 Å². The molecule has 0 spiro atoms. The lowest BCUT2D eigenvalue weighted by Gasteiger charge is -2.19. The second-order valence-electron chi connectivity index (χ2n) is 4.14. The number of nitrogen functional groups attached to an aromatic ring is 1. The summed E-state index contributed by atoms with van der Waals surface area (Å²) in [4.78, 5) is -0.323. The molecule has 0 saturated heterocycles. The Hall–Kier alpha value is -2.15. The summed E-state index contributed by atoms with van der Waals surface area (Å²) in [6.45, 7) is 0. The zero-order valence-corrected chi connectivity index (χ0v) is 11.4. The Bertz CT molecular complexity index is 731. The van der Waals surface area contributed by atoms with Gasteiger partial charge in [0.15, 0.2) is 11.6 Å². The molecular weight excluding hydrogens is 286 g/mol. The van der Waals surface area contributed by atoms with Gasteiger partial charge in [-0.15, -0.1) is 0 Å². The third-order valence-electron chi connectivity index (χ3n) is 2.81. The van der Waals surface area contributed by atoms with Crippen LogP contribution >= 0.6 is 0 Å². The van der Waals surface area contributed by atoms with E-state index in [0.717, 1.165) is 16.4 Å². The topological polar surface area (TPSA) is 63.4 Å². The number of rotatable bonds is 3. The van der Waals surface area contributed by atoms with Crippen LogP contribution in [0.3, 0.4) is 0 Å². The minimum absolute atomic E-state index is 0.323. The molecule has 2 N–H and O–H groups in total. The van der Waals surface area contributed by atoms with Crippen LogP contribution in [-0.2, 0) is 10.0 Å². The van der Waals surface area contributed by atoms with Crippen molar-refractivity contribution in [2.45, 2.75) is 4.90 Å². The molecule has 0 atom stereocenters. The zero-order valence-electron chi connectivity index (χ0n) is 10.5. The second kappa shape index (κ2) is 5.09. The molecule has 106 valence electrons. The maximum Gasteiger partial charge on any atom is 0.264 e. The van der Waals surface area contributed by atoms with E-state index in [0.29, 0.717) is 17.4 Å². The minimum atomic E-state index is -3.96. The molecule has 0 amide bonds. The summed E-state index contributed by atoms with van der Waals surface area (Å²) in [6.07, 6.45) is 0. The minimum Gasteiger partial charge on any atom is -0.399 e. The van der Waals surface area contributed by atoms with Gasteiger partial charge in [-0.1, -0.05) is 0 Å². The van der Waals surface area contributed by atoms with Gasteiger partial charge < -0.3 is 5.73 Å². The molecule has 7 heteroatoms. The normalized spacial score (nSPS) is 11.3. The van der Waals surface area contributed by atoms with Crippen molar-refractivity contribution < 1.29 is 17.2 Å². The van der Waals surface area contributed by atoms with Crippen LogP contribution in [0.4, 0.5) is 20.2 Å². The second-order valence-corrected chi connectivity index (χ2v) is 6.11. The fourth-order valence-corrected chi connectivity index (χ4v) is 2.83. The van der Waals surface area contributed by atoms with Gasteiger partial charge in [0.1, 0.15) is 0 Å². The average Bonchev–Trinajstić information content (AvgIpc) is 2.41. The molecule has 0 bridgehead atoms. The first-order chi connectivity index (χ1) is 9.32. The van der Waals surface area contributed by atoms with Gasteiger partial charge in [0.2, 0.25) is 0 Å². The molecule has 0 radical (unpaired) electrons. The average molecular weight is 298 g/mol. The molecule has 0 aliphatic heterocycles. The number of nitrogens with zero attached hydrogens (tertiary/aromatic N) is 1. The summed E-state index contributed by atoms with van der Waals surface area (Å²) in [7, 11) is -2.64. The van der Waals surface area contributed by atoms with Crippen LogP contribution in [0.5, 0.6) is 0 Å². The van der Waals surface area contributed by atoms with Gasteiger partial charge in [-0.2, -0.15) is 0 Å². The fraction of sp³-hybridized carbons (Fsp3) is 0.0769. The summed E-state index contributed by atoms with van der Waals surface area (Å²) in [5.74, 6) is -2.31. The van der Waals surface area contributed by atoms with Gasteiger partial charge in [-0.25, -0.2) is 17.2 Å². The molecule has 0 aromatic heterocycles. The van der Waals surface area contributed by atoms with Crippen molar-refractivity contribution in [2.24, 2.45) is 0 Å². The predicted molar refractivity (Wildman–Crippen MR) is 72.8 cm³/mol. The molecular formula is C13H12F2N2O2S. The van der Waals surface area contributed by atoms with Crippen LogP contribution in [0.25, 0.3) is 0 Å². The van der Waals surface area contributed by atoms with Crippen LogP contribution in [0.2, 0.25) is 0 Å². The number of anilines is 2. The highest BCUT2D eigenvalue weighted by atomic mass is 32.2. The van der Waals surface area contributed by atoms with E-state index >= 15 is 0 Å². The number of halogens is 2. The van der Waals surface area contributed by atoms with E-state index in [-0.39, 0.29) is 4.90 Å². The highest BCUT2D eigenvalue weighted by Crippen LogP contribution is 2.23. The van der Waals surface area contributed by atoms with Crippen molar-refractivity contribution >= 4 is 21.4 Å². The van der Waals surface area contributed by atoms with E-state index in [1.54, 1.807) is 12.1 Å². The number of nitrogens with two attached hydrogens (primary N) is 1. The van der Waals surface area contributed by atoms with E-state index in [2.05, 4.69) is 0 Å². The third-order valence-corrected chi connectivity index (χ3v) is 4.59. The maximum atomic E-state index is 13.2. The Labute approximate surface area is 115 Å². The van der Waals surface area contributed by atoms with Gasteiger partial charge in [-0.05, 0) is 42.5 Å². The van der Waals surface area contributed by atoms with Gasteiger partial charge in [-0.3, -0.25) is 4.31 Å². The van der Waals surface area contributed by atoms with Gasteiger partial charge in [0.05, 0.1) is 10.6 Å². The lowest BCUT2D eigenvalue weighted by molar-refractivity contribution is 0.504. The highest BCUT2D eigenvalue weighted by molar-refractivity contribution is 7.92. The first-order valence-electron chi connectivity index (χ1n) is 5.62. The number of hydrogen-bond donors (Lipinski definition) is 1. The monoisotopic (exact) mass is 298 g/mol. The molecule has 2 aromatic carbocycles. The van der Waals surface area contributed by atoms with Gasteiger partial charge >= 0.3 is 0 Å². The Kier molecular flexibility index (Phi) is 3.63. The zero-order chi connectivity index (χ0) is 14.9. The highest BCUT2D eigenvalue weighted by Gasteiger charge is 2.22. The Balaban J connectivity index is 2.43. The fourth-order valence-electron chi connectivity index (χ4n) is 1.62. The largest absolute Gasteiger partial charge is 0.399 e. The molecule has 0 heterocycles. The van der Waals surface area contributed by atoms with Crippen molar-refractivity contribution in [1.29, 1.82) is 0 Å². The van der Waals surface area contributed by atoms with Crippen molar-refractivity contribution in [3.63, 3.8) is 0 Å². The quantitative estimate of drug-likeness (QED) is 0.885. The Morgan fingerprint density at radius 2 is 1.60 bits per heavy atom. The third kappa shape index (κ3) is 2.57. The maximum absolute atomic E-state index is 13.2. The van der Waals surface area contributed by atoms with Gasteiger partial charge in [0, 0.05) is 12.7 Å². The number of sulfonamides is 1. The van der Waals surface area contributed by atoms with Crippen molar-refractivity contribution in [1.82, 2.24) is 0 Å². The summed E-state index contributed by atoms with van der Waals surface area (Å²) < 4.78 is 51.6. The molecule has 0 unspecified atom stereocenters. The van der Waals surface area contributed by atoms with Crippen molar-refractivity contribution in [3.8, 4) is 0 Å². The molecule has 20 heavy (non-hydrogen) atoms. The molecule has 0 fully saturated rings. The number of benzene rings is 2. The van der Waals surface area contributed by atoms with Crippen LogP contribution in [0.15, 0.2) is 47.4 Å². The molecule has 0 aliphatic carbocycles. The Morgan fingerprint density at radius 1 is 1.00 bits per heavy atom. The standard InChI is InChI=1S/C13H12F2N2O2S/c1-17(10-4-2-9(16)3-5-10)20(18,19)11-6-7-12(14)13(15)8-11/h2-8H,16H2,1H3. The molecule has 2 aromatic rings. The van der Waals surface area contributed by atoms with E-state index < -0.39 is 21.7 Å². The lowest BCUT2D eigenvalue weighted by atomic mass is 10.3. The smallest absolute Gasteiger partial charge is 0.264 e. The molecule has 0 aliphatic rings. The van der Waals surface area contributed by atoms with Crippen molar-refractivity contribution in [3.05, 3.63) is 54.1 Å². The molecule has 0 saturated carbocycles. The lowest BCUT2D eigenvalue weighted by Crippen LogP contribution is -2.26. The van der Waals surface area contributed by atoms with E-state index in [4.69, 9.17) is 5.73 Å². The first kappa shape index (κ1) is 14.3. The van der Waals surface area contributed by atoms with Crippen molar-refractivity contribution in [2.75, 3.05) is 17.1 Å². The molecule has 2 rings (SSSR count). The molecule has 4 nitrogen and oxygen atoms in total. The number of hydrogen-bond acceptors (Lipinski definition) is 3. The Morgan fingerprint density at radius 3 is 2.15 bits per heavy atom. The van der Waals surface area contributed by atoms with Crippen LogP contribution in [-0.4, -0.2) is 15.5 Å². The first-order valence-corrected chi connectivity index (χ1v) is 7.06. The van der Waals surface area contributed by atoms with Crippen LogP contribution < -0.4 is 10.0 Å².